The zero-order chi connectivity index (χ0) is 15.5. The topological polar surface area (TPSA) is 105 Å². The zero-order valence-corrected chi connectivity index (χ0v) is 11.5. The molecule has 0 aliphatic rings. The van der Waals surface area contributed by atoms with Gasteiger partial charge in [0.2, 0.25) is 0 Å². The number of nitrogens with zero attached hydrogens (tertiary/aromatic N) is 1. The minimum Gasteiger partial charge on any atom is -0.409 e. The van der Waals surface area contributed by atoms with E-state index in [1.54, 1.807) is 18.2 Å². The molecule has 2 aromatic rings. The first-order valence-corrected chi connectivity index (χ1v) is 7.28. The molecule has 6 nitrogen and oxygen atoms in total. The summed E-state index contributed by atoms with van der Waals surface area (Å²) in [7, 11) is -3.90. The van der Waals surface area contributed by atoms with Crippen LogP contribution in [0.15, 0.2) is 58.6 Å². The first-order valence-electron chi connectivity index (χ1n) is 5.80. The molecular formula is C13H12FN3O3S. The smallest absolute Gasteiger partial charge is 0.261 e. The molecule has 8 heteroatoms. The fourth-order valence-electron chi connectivity index (χ4n) is 1.72. The molecule has 0 radical (unpaired) electrons. The Morgan fingerprint density at radius 2 is 1.81 bits per heavy atom. The molecule has 4 N–H and O–H groups in total. The Morgan fingerprint density at radius 1 is 1.14 bits per heavy atom. The lowest BCUT2D eigenvalue weighted by atomic mass is 10.1. The quantitative estimate of drug-likeness (QED) is 0.346. The molecule has 0 amide bonds. The highest BCUT2D eigenvalue weighted by Gasteiger charge is 2.19. The Labute approximate surface area is 120 Å². The first-order chi connectivity index (χ1) is 9.95. The number of hydrogen-bond donors (Lipinski definition) is 3. The van der Waals surface area contributed by atoms with E-state index in [4.69, 9.17) is 10.9 Å². The number of halogens is 1. The summed E-state index contributed by atoms with van der Waals surface area (Å²) in [4.78, 5) is 0.0136. The summed E-state index contributed by atoms with van der Waals surface area (Å²) in [6.07, 6.45) is 0. The normalized spacial score (nSPS) is 12.1. The number of hydrogen-bond acceptors (Lipinski definition) is 4. The van der Waals surface area contributed by atoms with E-state index in [1.807, 2.05) is 0 Å². The maximum atomic E-state index is 13.8. The van der Waals surface area contributed by atoms with Crippen molar-refractivity contribution in [2.75, 3.05) is 4.72 Å². The van der Waals surface area contributed by atoms with Crippen molar-refractivity contribution >= 4 is 21.5 Å². The van der Waals surface area contributed by atoms with Crippen LogP contribution < -0.4 is 10.5 Å². The molecule has 0 unspecified atom stereocenters. The summed E-state index contributed by atoms with van der Waals surface area (Å²) in [5.74, 6) is -1.34. The van der Waals surface area contributed by atoms with Crippen LogP contribution in [0.2, 0.25) is 0 Å². The Hall–Kier alpha value is -2.61. The van der Waals surface area contributed by atoms with E-state index in [0.717, 1.165) is 6.07 Å². The molecule has 21 heavy (non-hydrogen) atoms. The van der Waals surface area contributed by atoms with E-state index < -0.39 is 21.7 Å². The molecule has 0 saturated carbocycles. The molecule has 2 aromatic carbocycles. The number of rotatable bonds is 4. The van der Waals surface area contributed by atoms with Crippen molar-refractivity contribution in [3.63, 3.8) is 0 Å². The second kappa shape index (κ2) is 5.80. The van der Waals surface area contributed by atoms with Gasteiger partial charge in [0.05, 0.1) is 16.1 Å². The third-order valence-electron chi connectivity index (χ3n) is 2.68. The molecule has 0 spiro atoms. The molecule has 0 bridgehead atoms. The molecular weight excluding hydrogens is 297 g/mol. The number of sulfonamides is 1. The van der Waals surface area contributed by atoms with E-state index in [1.165, 1.54) is 24.3 Å². The Morgan fingerprint density at radius 3 is 2.43 bits per heavy atom. The van der Waals surface area contributed by atoms with Crippen LogP contribution in [0.4, 0.5) is 10.1 Å². The van der Waals surface area contributed by atoms with Crippen LogP contribution in [-0.2, 0) is 10.0 Å². The number of anilines is 1. The van der Waals surface area contributed by atoms with Crippen LogP contribution >= 0.6 is 0 Å². The Kier molecular flexibility index (Phi) is 4.08. The van der Waals surface area contributed by atoms with E-state index in [2.05, 4.69) is 9.88 Å². The first kappa shape index (κ1) is 14.8. The van der Waals surface area contributed by atoms with Crippen LogP contribution in [0, 0.1) is 5.82 Å². The summed E-state index contributed by atoms with van der Waals surface area (Å²) >= 11 is 0. The van der Waals surface area contributed by atoms with Gasteiger partial charge in [0.25, 0.3) is 10.0 Å². The highest BCUT2D eigenvalue weighted by Crippen LogP contribution is 2.22. The minimum atomic E-state index is -3.90. The van der Waals surface area contributed by atoms with Gasteiger partial charge in [-0.05, 0) is 24.3 Å². The molecule has 0 aliphatic carbocycles. The molecule has 0 heterocycles. The molecule has 0 saturated heterocycles. The van der Waals surface area contributed by atoms with Gasteiger partial charge in [-0.2, -0.15) is 0 Å². The van der Waals surface area contributed by atoms with E-state index >= 15 is 0 Å². The lowest BCUT2D eigenvalue weighted by Gasteiger charge is -2.12. The van der Waals surface area contributed by atoms with Crippen molar-refractivity contribution in [1.82, 2.24) is 0 Å². The molecule has 2 rings (SSSR count). The van der Waals surface area contributed by atoms with Crippen molar-refractivity contribution in [3.8, 4) is 0 Å². The van der Waals surface area contributed by atoms with Gasteiger partial charge in [-0.1, -0.05) is 29.4 Å². The van der Waals surface area contributed by atoms with Gasteiger partial charge in [-0.25, -0.2) is 12.8 Å². The summed E-state index contributed by atoms with van der Waals surface area (Å²) < 4.78 is 40.4. The molecule has 0 atom stereocenters. The summed E-state index contributed by atoms with van der Waals surface area (Å²) in [6, 6.07) is 11.3. The van der Waals surface area contributed by atoms with Gasteiger partial charge < -0.3 is 10.9 Å². The monoisotopic (exact) mass is 309 g/mol. The fourth-order valence-corrected chi connectivity index (χ4v) is 2.82. The third-order valence-corrected chi connectivity index (χ3v) is 4.06. The van der Waals surface area contributed by atoms with Crippen molar-refractivity contribution in [2.24, 2.45) is 10.9 Å². The van der Waals surface area contributed by atoms with Crippen molar-refractivity contribution in [1.29, 1.82) is 0 Å². The van der Waals surface area contributed by atoms with E-state index in [9.17, 15) is 12.8 Å². The lowest BCUT2D eigenvalue weighted by molar-refractivity contribution is 0.318. The van der Waals surface area contributed by atoms with Gasteiger partial charge in [0.1, 0.15) is 5.82 Å². The average molecular weight is 309 g/mol. The second-order valence-electron chi connectivity index (χ2n) is 4.07. The number of nitrogens with one attached hydrogen (secondary N) is 1. The number of nitrogens with two attached hydrogens (primary N) is 1. The van der Waals surface area contributed by atoms with Crippen LogP contribution in [0.3, 0.4) is 0 Å². The van der Waals surface area contributed by atoms with Gasteiger partial charge in [-0.3, -0.25) is 4.72 Å². The Balaban J connectivity index is 2.48. The van der Waals surface area contributed by atoms with Crippen molar-refractivity contribution in [3.05, 3.63) is 59.9 Å². The zero-order valence-electron chi connectivity index (χ0n) is 10.7. The third kappa shape index (κ3) is 3.11. The van der Waals surface area contributed by atoms with Gasteiger partial charge in [0.15, 0.2) is 5.84 Å². The van der Waals surface area contributed by atoms with Crippen LogP contribution in [-0.4, -0.2) is 19.5 Å². The number of amidine groups is 1. The second-order valence-corrected chi connectivity index (χ2v) is 5.75. The van der Waals surface area contributed by atoms with E-state index in [-0.39, 0.29) is 16.1 Å². The largest absolute Gasteiger partial charge is 0.409 e. The minimum absolute atomic E-state index is 0.0136. The molecule has 0 fully saturated rings. The van der Waals surface area contributed by atoms with Crippen molar-refractivity contribution < 1.29 is 18.0 Å². The van der Waals surface area contributed by atoms with E-state index in [0.29, 0.717) is 0 Å². The van der Waals surface area contributed by atoms with Crippen molar-refractivity contribution in [2.45, 2.75) is 4.90 Å². The average Bonchev–Trinajstić information content (AvgIpc) is 2.47. The summed E-state index contributed by atoms with van der Waals surface area (Å²) in [6.45, 7) is 0. The fraction of sp³-hybridized carbons (Fsp3) is 0. The summed E-state index contributed by atoms with van der Waals surface area (Å²) in [5.41, 5.74) is 4.94. The number of benzene rings is 2. The molecule has 0 aliphatic heterocycles. The van der Waals surface area contributed by atoms with Crippen LogP contribution in [0.1, 0.15) is 5.56 Å². The molecule has 0 aromatic heterocycles. The predicted molar refractivity (Wildman–Crippen MR) is 76.2 cm³/mol. The highest BCUT2D eigenvalue weighted by molar-refractivity contribution is 7.92. The maximum Gasteiger partial charge on any atom is 0.261 e. The molecule has 110 valence electrons. The SMILES string of the molecule is N/C(=N/O)c1c(F)cccc1NS(=O)(=O)c1ccccc1. The van der Waals surface area contributed by atoms with Gasteiger partial charge >= 0.3 is 0 Å². The summed E-state index contributed by atoms with van der Waals surface area (Å²) in [5, 5.41) is 11.4. The standard InChI is InChI=1S/C13H12FN3O3S/c14-10-7-4-8-11(12(10)13(15)16-18)17-21(19,20)9-5-2-1-3-6-9/h1-8,17-18H,(H2,15,16). The number of oxime groups is 1. The lowest BCUT2D eigenvalue weighted by Crippen LogP contribution is -2.21. The maximum absolute atomic E-state index is 13.8. The highest BCUT2D eigenvalue weighted by atomic mass is 32.2. The van der Waals surface area contributed by atoms with Crippen LogP contribution in [0.5, 0.6) is 0 Å². The van der Waals surface area contributed by atoms with Crippen LogP contribution in [0.25, 0.3) is 0 Å². The van der Waals surface area contributed by atoms with Gasteiger partial charge in [0, 0.05) is 0 Å². The Bertz CT molecular complexity index is 777. The van der Waals surface area contributed by atoms with Gasteiger partial charge in [-0.15, -0.1) is 0 Å². The predicted octanol–water partition coefficient (Wildman–Crippen LogP) is 1.72.